The molecular weight excluding hydrogens is 402 g/mol. The van der Waals surface area contributed by atoms with Crippen LogP contribution in [0.25, 0.3) is 0 Å². The van der Waals surface area contributed by atoms with Gasteiger partial charge >= 0.3 is 5.97 Å². The Kier molecular flexibility index (Phi) is 7.09. The number of carbonyl (C=O) groups excluding carboxylic acids is 1. The summed E-state index contributed by atoms with van der Waals surface area (Å²) >= 11 is 5.93. The van der Waals surface area contributed by atoms with Crippen molar-refractivity contribution in [2.24, 2.45) is 0 Å². The highest BCUT2D eigenvalue weighted by molar-refractivity contribution is 7.89. The third kappa shape index (κ3) is 5.47. The third-order valence-corrected chi connectivity index (χ3v) is 5.79. The van der Waals surface area contributed by atoms with Crippen LogP contribution in [-0.2, 0) is 20.2 Å². The van der Waals surface area contributed by atoms with Gasteiger partial charge in [-0.1, -0.05) is 50.6 Å². The molecular formula is C20H24ClNO5S. The molecule has 0 heterocycles. The molecule has 6 nitrogen and oxygen atoms in total. The molecule has 0 spiro atoms. The summed E-state index contributed by atoms with van der Waals surface area (Å²) in [6.07, 6.45) is 0. The molecule has 2 aromatic carbocycles. The maximum absolute atomic E-state index is 12.5. The number of sulfonamides is 1. The Labute approximate surface area is 170 Å². The molecule has 0 aromatic heterocycles. The summed E-state index contributed by atoms with van der Waals surface area (Å²) in [5, 5.41) is 0.118. The summed E-state index contributed by atoms with van der Waals surface area (Å²) in [5.74, 6) is 0.0119. The van der Waals surface area contributed by atoms with Gasteiger partial charge in [-0.2, -0.15) is 0 Å². The van der Waals surface area contributed by atoms with Gasteiger partial charge in [-0.3, -0.25) is 0 Å². The number of halogens is 1. The third-order valence-electron chi connectivity index (χ3n) is 4.00. The van der Waals surface area contributed by atoms with E-state index >= 15 is 0 Å². The van der Waals surface area contributed by atoms with E-state index in [0.717, 1.165) is 5.56 Å². The Morgan fingerprint density at radius 3 is 2.46 bits per heavy atom. The number of rotatable bonds is 7. The minimum atomic E-state index is -3.83. The van der Waals surface area contributed by atoms with Crippen LogP contribution < -0.4 is 9.46 Å². The second-order valence-corrected chi connectivity index (χ2v) is 9.30. The normalized spacial score (nSPS) is 11.9. The quantitative estimate of drug-likeness (QED) is 0.539. The minimum Gasteiger partial charge on any atom is -0.492 e. The van der Waals surface area contributed by atoms with Crippen molar-refractivity contribution in [1.29, 1.82) is 0 Å². The number of hydrogen-bond acceptors (Lipinski definition) is 5. The van der Waals surface area contributed by atoms with E-state index in [1.54, 1.807) is 0 Å². The van der Waals surface area contributed by atoms with E-state index < -0.39 is 16.0 Å². The Morgan fingerprint density at radius 1 is 1.14 bits per heavy atom. The molecule has 0 saturated heterocycles. The molecule has 2 aromatic rings. The monoisotopic (exact) mass is 425 g/mol. The fraction of sp³-hybridized carbons (Fsp3) is 0.350. The number of ether oxygens (including phenoxy) is 2. The predicted octanol–water partition coefficient (Wildman–Crippen LogP) is 3.78. The zero-order valence-corrected chi connectivity index (χ0v) is 17.9. The first-order valence-electron chi connectivity index (χ1n) is 8.66. The van der Waals surface area contributed by atoms with Gasteiger partial charge in [0.25, 0.3) is 0 Å². The van der Waals surface area contributed by atoms with Crippen LogP contribution in [0.3, 0.4) is 0 Å². The summed E-state index contributed by atoms with van der Waals surface area (Å²) in [5.41, 5.74) is 0.935. The maximum Gasteiger partial charge on any atom is 0.339 e. The van der Waals surface area contributed by atoms with Gasteiger partial charge in [0.05, 0.1) is 22.6 Å². The molecule has 152 valence electrons. The molecule has 0 unspecified atom stereocenters. The van der Waals surface area contributed by atoms with Crippen molar-refractivity contribution in [3.63, 3.8) is 0 Å². The fourth-order valence-electron chi connectivity index (χ4n) is 2.57. The van der Waals surface area contributed by atoms with Gasteiger partial charge < -0.3 is 9.47 Å². The van der Waals surface area contributed by atoms with Crippen LogP contribution in [0.2, 0.25) is 5.02 Å². The molecule has 0 aliphatic heterocycles. The van der Waals surface area contributed by atoms with E-state index in [-0.39, 0.29) is 34.0 Å². The zero-order valence-electron chi connectivity index (χ0n) is 16.3. The van der Waals surface area contributed by atoms with Gasteiger partial charge in [0.2, 0.25) is 10.0 Å². The summed E-state index contributed by atoms with van der Waals surface area (Å²) < 4.78 is 37.8. The topological polar surface area (TPSA) is 81.7 Å². The average molecular weight is 426 g/mol. The highest BCUT2D eigenvalue weighted by atomic mass is 35.5. The van der Waals surface area contributed by atoms with Gasteiger partial charge in [0, 0.05) is 6.54 Å². The largest absolute Gasteiger partial charge is 0.492 e. The van der Waals surface area contributed by atoms with E-state index in [9.17, 15) is 13.2 Å². The highest BCUT2D eigenvalue weighted by Gasteiger charge is 2.20. The molecule has 0 radical (unpaired) electrons. The number of nitrogens with one attached hydrogen (secondary N) is 1. The summed E-state index contributed by atoms with van der Waals surface area (Å²) in [6.45, 7) is 6.47. The maximum atomic E-state index is 12.5. The van der Waals surface area contributed by atoms with Gasteiger partial charge in [-0.05, 0) is 35.2 Å². The molecule has 0 atom stereocenters. The van der Waals surface area contributed by atoms with Crippen LogP contribution in [0.5, 0.6) is 5.75 Å². The van der Waals surface area contributed by atoms with E-state index in [0.29, 0.717) is 5.75 Å². The van der Waals surface area contributed by atoms with Crippen molar-refractivity contribution >= 4 is 27.6 Å². The molecule has 8 heteroatoms. The van der Waals surface area contributed by atoms with E-state index in [4.69, 9.17) is 16.3 Å². The Bertz CT molecular complexity index is 951. The van der Waals surface area contributed by atoms with Crippen molar-refractivity contribution < 1.29 is 22.7 Å². The second kappa shape index (κ2) is 8.94. The lowest BCUT2D eigenvalue weighted by Crippen LogP contribution is -2.28. The fourth-order valence-corrected chi connectivity index (χ4v) is 3.80. The van der Waals surface area contributed by atoms with Crippen molar-refractivity contribution in [2.75, 3.05) is 20.3 Å². The van der Waals surface area contributed by atoms with Crippen molar-refractivity contribution in [3.05, 3.63) is 58.6 Å². The number of methoxy groups -OCH3 is 1. The first-order valence-corrected chi connectivity index (χ1v) is 10.5. The molecule has 0 saturated carbocycles. The Hall–Kier alpha value is -2.09. The average Bonchev–Trinajstić information content (AvgIpc) is 2.64. The molecule has 28 heavy (non-hydrogen) atoms. The van der Waals surface area contributed by atoms with Crippen LogP contribution >= 0.6 is 11.6 Å². The number of hydrogen-bond donors (Lipinski definition) is 1. The SMILES string of the molecule is COC(=O)c1cc(S(=O)(=O)NCCOc2ccccc2C(C)(C)C)ccc1Cl. The first kappa shape index (κ1) is 22.2. The second-order valence-electron chi connectivity index (χ2n) is 7.13. The number of esters is 1. The van der Waals surface area contributed by atoms with Crippen molar-refractivity contribution in [2.45, 2.75) is 31.1 Å². The smallest absolute Gasteiger partial charge is 0.339 e. The Balaban J connectivity index is 2.05. The van der Waals surface area contributed by atoms with Crippen LogP contribution in [0, 0.1) is 0 Å². The molecule has 1 N–H and O–H groups in total. The van der Waals surface area contributed by atoms with E-state index in [2.05, 4.69) is 30.2 Å². The molecule has 0 amide bonds. The van der Waals surface area contributed by atoms with E-state index in [1.807, 2.05) is 24.3 Å². The van der Waals surface area contributed by atoms with Gasteiger partial charge in [0.15, 0.2) is 0 Å². The molecule has 0 bridgehead atoms. The van der Waals surface area contributed by atoms with Gasteiger partial charge in [-0.25, -0.2) is 17.9 Å². The summed E-state index contributed by atoms with van der Waals surface area (Å²) in [7, 11) is -2.63. The van der Waals surface area contributed by atoms with E-state index in [1.165, 1.54) is 25.3 Å². The Morgan fingerprint density at radius 2 is 1.82 bits per heavy atom. The van der Waals surface area contributed by atoms with Crippen molar-refractivity contribution in [3.8, 4) is 5.75 Å². The number of benzene rings is 2. The zero-order chi connectivity index (χ0) is 20.9. The van der Waals surface area contributed by atoms with Crippen molar-refractivity contribution in [1.82, 2.24) is 4.72 Å². The summed E-state index contributed by atoms with van der Waals surface area (Å²) in [6, 6.07) is 11.5. The molecule has 0 aliphatic carbocycles. The summed E-state index contributed by atoms with van der Waals surface area (Å²) in [4.78, 5) is 11.6. The van der Waals surface area contributed by atoms with Crippen LogP contribution in [0.4, 0.5) is 0 Å². The molecule has 0 fully saturated rings. The standard InChI is InChI=1S/C20H24ClNO5S/c1-20(2,3)16-7-5-6-8-18(16)27-12-11-22-28(24,25)14-9-10-17(21)15(13-14)19(23)26-4/h5-10,13,22H,11-12H2,1-4H3. The molecule has 0 aliphatic rings. The van der Waals surface area contributed by atoms with Gasteiger partial charge in [0.1, 0.15) is 12.4 Å². The van der Waals surface area contributed by atoms with Crippen LogP contribution in [0.15, 0.2) is 47.4 Å². The van der Waals surface area contributed by atoms with Crippen LogP contribution in [0.1, 0.15) is 36.7 Å². The minimum absolute atomic E-state index is 0.0117. The predicted molar refractivity (Wildman–Crippen MR) is 109 cm³/mol. The lowest BCUT2D eigenvalue weighted by atomic mass is 9.86. The number of para-hydroxylation sites is 1. The van der Waals surface area contributed by atoms with Crippen LogP contribution in [-0.4, -0.2) is 34.6 Å². The van der Waals surface area contributed by atoms with Gasteiger partial charge in [-0.15, -0.1) is 0 Å². The lowest BCUT2D eigenvalue weighted by molar-refractivity contribution is 0.0600. The lowest BCUT2D eigenvalue weighted by Gasteiger charge is -2.22. The molecule has 2 rings (SSSR count). The first-order chi connectivity index (χ1) is 13.1. The number of carbonyl (C=O) groups is 1. The highest BCUT2D eigenvalue weighted by Crippen LogP contribution is 2.30.